The van der Waals surface area contributed by atoms with Gasteiger partial charge >= 0.3 is 0 Å². The molecule has 0 N–H and O–H groups in total. The highest BCUT2D eigenvalue weighted by atomic mass is 28.1. The molecule has 0 aromatic heterocycles. The van der Waals surface area contributed by atoms with Gasteiger partial charge in [-0.15, -0.1) is 0 Å². The number of rotatable bonds is 5. The zero-order valence-electron chi connectivity index (χ0n) is 6.46. The Morgan fingerprint density at radius 3 is 2.90 bits per heavy atom. The maximum Gasteiger partial charge on any atom is 0.237 e. The van der Waals surface area contributed by atoms with Crippen molar-refractivity contribution in [3.63, 3.8) is 0 Å². The van der Waals surface area contributed by atoms with Gasteiger partial charge in [-0.3, -0.25) is 0 Å². The Kier molecular flexibility index (Phi) is 6.38. The zero-order valence-corrected chi connectivity index (χ0v) is 8.46. The summed E-state index contributed by atoms with van der Waals surface area (Å²) in [6.07, 6.45) is 2.12. The predicted molar refractivity (Wildman–Crippen MR) is 42.9 cm³/mol. The smallest absolute Gasteiger partial charge is 0.237 e. The molecule has 0 aromatic rings. The van der Waals surface area contributed by atoms with Gasteiger partial charge in [0.25, 0.3) is 0 Å². The van der Waals surface area contributed by atoms with E-state index in [1.807, 2.05) is 6.92 Å². The first-order valence-corrected chi connectivity index (χ1v) is 4.95. The van der Waals surface area contributed by atoms with E-state index in [1.165, 1.54) is 6.08 Å². The molecule has 0 aliphatic carbocycles. The predicted octanol–water partition coefficient (Wildman–Crippen LogP) is -0.141. The Morgan fingerprint density at radius 2 is 2.50 bits per heavy atom. The first kappa shape index (κ1) is 9.56. The van der Waals surface area contributed by atoms with Crippen LogP contribution in [0.15, 0.2) is 4.99 Å². The van der Waals surface area contributed by atoms with E-state index in [0.717, 1.165) is 22.7 Å². The second-order valence-electron chi connectivity index (χ2n) is 1.92. The molecule has 0 saturated carbocycles. The molecule has 0 amide bonds. The molecule has 0 fully saturated rings. The molecule has 3 nitrogen and oxygen atoms in total. The van der Waals surface area contributed by atoms with Crippen molar-refractivity contribution in [3.05, 3.63) is 0 Å². The monoisotopic (exact) mass is 159 g/mol. The van der Waals surface area contributed by atoms with E-state index in [0.29, 0.717) is 6.61 Å². The van der Waals surface area contributed by atoms with E-state index in [9.17, 15) is 4.79 Å². The third kappa shape index (κ3) is 4.44. The number of ether oxygens (including phenoxy) is 1. The SMILES string of the molecule is CCOC(CC[SiH3])N=C=O. The number of carbonyl (C=O) groups excluding carboxylic acids is 1. The van der Waals surface area contributed by atoms with Crippen LogP contribution in [0.25, 0.3) is 0 Å². The van der Waals surface area contributed by atoms with Gasteiger partial charge in [-0.1, -0.05) is 6.04 Å². The highest BCUT2D eigenvalue weighted by molar-refractivity contribution is 6.08. The molecule has 0 aromatic carbocycles. The molecule has 0 rings (SSSR count). The van der Waals surface area contributed by atoms with Crippen LogP contribution in [0, 0.1) is 0 Å². The van der Waals surface area contributed by atoms with Gasteiger partial charge in [0.15, 0.2) is 6.23 Å². The van der Waals surface area contributed by atoms with Crippen molar-refractivity contribution in [2.75, 3.05) is 6.61 Å². The molecule has 1 unspecified atom stereocenters. The summed E-state index contributed by atoms with van der Waals surface area (Å²) in [5, 5.41) is 0. The van der Waals surface area contributed by atoms with E-state index >= 15 is 0 Å². The van der Waals surface area contributed by atoms with E-state index < -0.39 is 0 Å². The summed E-state index contributed by atoms with van der Waals surface area (Å²) < 4.78 is 5.12. The molecule has 10 heavy (non-hydrogen) atoms. The van der Waals surface area contributed by atoms with Crippen molar-refractivity contribution in [2.45, 2.75) is 25.6 Å². The summed E-state index contributed by atoms with van der Waals surface area (Å²) in [5.41, 5.74) is 0. The van der Waals surface area contributed by atoms with Crippen molar-refractivity contribution in [1.29, 1.82) is 0 Å². The summed E-state index contributed by atoms with van der Waals surface area (Å²) >= 11 is 0. The summed E-state index contributed by atoms with van der Waals surface area (Å²) in [6, 6.07) is 1.11. The van der Waals surface area contributed by atoms with Gasteiger partial charge in [0.1, 0.15) is 0 Å². The quantitative estimate of drug-likeness (QED) is 0.318. The second kappa shape index (κ2) is 6.67. The van der Waals surface area contributed by atoms with Crippen LogP contribution in [0.1, 0.15) is 13.3 Å². The molecule has 0 saturated heterocycles. The van der Waals surface area contributed by atoms with Crippen LogP contribution in [0.4, 0.5) is 0 Å². The normalized spacial score (nSPS) is 12.5. The van der Waals surface area contributed by atoms with Gasteiger partial charge in [0.05, 0.1) is 0 Å². The molecule has 0 aliphatic rings. The maximum atomic E-state index is 9.80. The lowest BCUT2D eigenvalue weighted by Crippen LogP contribution is -2.08. The first-order valence-electron chi connectivity index (χ1n) is 3.53. The zero-order chi connectivity index (χ0) is 7.82. The lowest BCUT2D eigenvalue weighted by molar-refractivity contribution is 0.0671. The average Bonchev–Trinajstić information content (AvgIpc) is 1.90. The fourth-order valence-corrected chi connectivity index (χ4v) is 1.18. The minimum atomic E-state index is -0.236. The summed E-state index contributed by atoms with van der Waals surface area (Å²) in [4.78, 5) is 13.3. The Hall–Kier alpha value is -0.443. The first-order chi connectivity index (χ1) is 4.85. The third-order valence-corrected chi connectivity index (χ3v) is 1.67. The Labute approximate surface area is 63.9 Å². The lowest BCUT2D eigenvalue weighted by Gasteiger charge is -2.07. The second-order valence-corrected chi connectivity index (χ2v) is 2.92. The highest BCUT2D eigenvalue weighted by Gasteiger charge is 2.02. The Bertz CT molecular complexity index is 117. The molecule has 4 heteroatoms. The van der Waals surface area contributed by atoms with Crippen LogP contribution in [-0.2, 0) is 9.53 Å². The van der Waals surface area contributed by atoms with Gasteiger partial charge in [0, 0.05) is 16.8 Å². The molecule has 0 aliphatic heterocycles. The molecule has 1 atom stereocenters. The van der Waals surface area contributed by atoms with Gasteiger partial charge in [-0.05, 0) is 13.3 Å². The minimum absolute atomic E-state index is 0.236. The fourth-order valence-electron chi connectivity index (χ4n) is 0.683. The van der Waals surface area contributed by atoms with Gasteiger partial charge in [0.2, 0.25) is 6.08 Å². The van der Waals surface area contributed by atoms with Crippen molar-refractivity contribution >= 4 is 16.3 Å². The van der Waals surface area contributed by atoms with Crippen LogP contribution in [-0.4, -0.2) is 29.2 Å². The molecule has 0 spiro atoms. The van der Waals surface area contributed by atoms with E-state index in [4.69, 9.17) is 4.74 Å². The molecule has 0 bridgehead atoms. The van der Waals surface area contributed by atoms with Crippen molar-refractivity contribution in [3.8, 4) is 0 Å². The lowest BCUT2D eigenvalue weighted by atomic mass is 10.4. The average molecular weight is 159 g/mol. The number of hydrogen-bond donors (Lipinski definition) is 0. The summed E-state index contributed by atoms with van der Waals surface area (Å²) in [5.74, 6) is 0. The van der Waals surface area contributed by atoms with Crippen molar-refractivity contribution in [1.82, 2.24) is 0 Å². The van der Waals surface area contributed by atoms with Crippen LogP contribution in [0.3, 0.4) is 0 Å². The number of nitrogens with zero attached hydrogens (tertiary/aromatic N) is 1. The largest absolute Gasteiger partial charge is 0.356 e. The minimum Gasteiger partial charge on any atom is -0.356 e. The molecule has 0 heterocycles. The van der Waals surface area contributed by atoms with E-state index in [1.54, 1.807) is 0 Å². The molecule has 58 valence electrons. The van der Waals surface area contributed by atoms with Crippen molar-refractivity contribution < 1.29 is 9.53 Å². The van der Waals surface area contributed by atoms with Gasteiger partial charge in [-0.25, -0.2) is 4.79 Å². The Morgan fingerprint density at radius 1 is 1.80 bits per heavy atom. The van der Waals surface area contributed by atoms with E-state index in [2.05, 4.69) is 4.99 Å². The third-order valence-electron chi connectivity index (χ3n) is 1.09. The molecule has 0 radical (unpaired) electrons. The van der Waals surface area contributed by atoms with Crippen LogP contribution in [0.2, 0.25) is 6.04 Å². The highest BCUT2D eigenvalue weighted by Crippen LogP contribution is 2.01. The van der Waals surface area contributed by atoms with Gasteiger partial charge < -0.3 is 4.74 Å². The topological polar surface area (TPSA) is 38.7 Å². The number of aliphatic imine (C=N–C) groups is 1. The molecular formula is C6H13NO2Si. The van der Waals surface area contributed by atoms with Crippen molar-refractivity contribution in [2.24, 2.45) is 4.99 Å². The van der Waals surface area contributed by atoms with Crippen LogP contribution >= 0.6 is 0 Å². The summed E-state index contributed by atoms with van der Waals surface area (Å²) in [7, 11) is 1.13. The van der Waals surface area contributed by atoms with Crippen LogP contribution < -0.4 is 0 Å². The van der Waals surface area contributed by atoms with Gasteiger partial charge in [-0.2, -0.15) is 4.99 Å². The molecular weight excluding hydrogens is 146 g/mol. The Balaban J connectivity index is 3.60. The number of isocyanates is 1. The maximum absolute atomic E-state index is 9.80. The fraction of sp³-hybridized carbons (Fsp3) is 0.833. The van der Waals surface area contributed by atoms with E-state index in [-0.39, 0.29) is 6.23 Å². The summed E-state index contributed by atoms with van der Waals surface area (Å²) in [6.45, 7) is 2.50. The van der Waals surface area contributed by atoms with Crippen LogP contribution in [0.5, 0.6) is 0 Å². The standard InChI is InChI=1S/C6H13NO2Si/c1-2-9-6(3-4-10)7-5-8/h6H,2-4H2,1,10H3. The number of hydrogen-bond acceptors (Lipinski definition) is 3.